The van der Waals surface area contributed by atoms with Crippen molar-refractivity contribution in [1.82, 2.24) is 4.90 Å². The largest absolute Gasteiger partial charge is 0.416 e. The molecule has 0 aromatic heterocycles. The second kappa shape index (κ2) is 6.27. The lowest BCUT2D eigenvalue weighted by molar-refractivity contribution is -0.205. The van der Waals surface area contributed by atoms with E-state index in [2.05, 4.69) is 5.32 Å². The van der Waals surface area contributed by atoms with Crippen LogP contribution in [0.2, 0.25) is 5.02 Å². The summed E-state index contributed by atoms with van der Waals surface area (Å²) in [5.74, 6) is -0.617. The molecule has 1 aromatic rings. The van der Waals surface area contributed by atoms with Crippen molar-refractivity contribution >= 4 is 23.3 Å². The Bertz CT molecular complexity index is 496. The van der Waals surface area contributed by atoms with E-state index in [9.17, 15) is 22.4 Å². The Kier molecular flexibility index (Phi) is 5.18. The van der Waals surface area contributed by atoms with E-state index in [1.807, 2.05) is 0 Å². The van der Waals surface area contributed by atoms with Crippen molar-refractivity contribution in [3.63, 3.8) is 0 Å². The van der Waals surface area contributed by atoms with Gasteiger partial charge >= 0.3 is 12.2 Å². The van der Waals surface area contributed by atoms with Crippen molar-refractivity contribution in [2.45, 2.75) is 12.3 Å². The Labute approximate surface area is 116 Å². The first-order valence-electron chi connectivity index (χ1n) is 5.33. The highest BCUT2D eigenvalue weighted by molar-refractivity contribution is 6.33. The molecule has 0 aliphatic rings. The van der Waals surface area contributed by atoms with Gasteiger partial charge in [0.1, 0.15) is 5.82 Å². The monoisotopic (exact) mass is 314 g/mol. The minimum absolute atomic E-state index is 0.0476. The fourth-order valence-corrected chi connectivity index (χ4v) is 1.46. The summed E-state index contributed by atoms with van der Waals surface area (Å²) >= 11 is 5.65. The third-order valence-corrected chi connectivity index (χ3v) is 2.66. The SMILES string of the molecule is CN(CC(O)C(F)(F)F)C(=O)Nc1ccc(F)cc1Cl. The molecule has 2 N–H and O–H groups in total. The molecule has 1 aromatic carbocycles. The summed E-state index contributed by atoms with van der Waals surface area (Å²) in [6.45, 7) is -0.936. The third kappa shape index (κ3) is 4.53. The van der Waals surface area contributed by atoms with E-state index in [1.54, 1.807) is 0 Å². The van der Waals surface area contributed by atoms with E-state index in [4.69, 9.17) is 16.7 Å². The van der Waals surface area contributed by atoms with Crippen molar-refractivity contribution in [2.75, 3.05) is 18.9 Å². The van der Waals surface area contributed by atoms with E-state index in [0.717, 1.165) is 19.2 Å². The van der Waals surface area contributed by atoms with Crippen LogP contribution in [0.25, 0.3) is 0 Å². The van der Waals surface area contributed by atoms with E-state index in [0.29, 0.717) is 4.90 Å². The summed E-state index contributed by atoms with van der Waals surface area (Å²) in [6, 6.07) is 2.24. The molecule has 0 bridgehead atoms. The lowest BCUT2D eigenvalue weighted by Crippen LogP contribution is -2.43. The molecule has 0 saturated carbocycles. The maximum absolute atomic E-state index is 12.8. The van der Waals surface area contributed by atoms with Crippen LogP contribution in [0.4, 0.5) is 28.0 Å². The molecule has 0 saturated heterocycles. The Hall–Kier alpha value is -1.54. The average Bonchev–Trinajstić information content (AvgIpc) is 2.31. The van der Waals surface area contributed by atoms with Gasteiger partial charge in [0.25, 0.3) is 0 Å². The zero-order valence-corrected chi connectivity index (χ0v) is 11.0. The summed E-state index contributed by atoms with van der Waals surface area (Å²) in [5.41, 5.74) is 0.0476. The van der Waals surface area contributed by atoms with Gasteiger partial charge in [0.15, 0.2) is 6.10 Å². The van der Waals surface area contributed by atoms with Gasteiger partial charge in [-0.3, -0.25) is 0 Å². The number of alkyl halides is 3. The highest BCUT2D eigenvalue weighted by Crippen LogP contribution is 2.23. The predicted octanol–water partition coefficient (Wildman–Crippen LogP) is 2.87. The Morgan fingerprint density at radius 1 is 1.50 bits per heavy atom. The van der Waals surface area contributed by atoms with Gasteiger partial charge in [-0.25, -0.2) is 9.18 Å². The number of anilines is 1. The molecule has 0 fully saturated rings. The Balaban J connectivity index is 2.66. The number of likely N-dealkylation sites (N-methyl/N-ethyl adjacent to an activating group) is 1. The average molecular weight is 315 g/mol. The van der Waals surface area contributed by atoms with Gasteiger partial charge in [0.2, 0.25) is 0 Å². The predicted molar refractivity (Wildman–Crippen MR) is 65.1 cm³/mol. The summed E-state index contributed by atoms with van der Waals surface area (Å²) in [7, 11) is 1.07. The minimum atomic E-state index is -4.82. The number of halogens is 5. The molecule has 112 valence electrons. The second-order valence-corrected chi connectivity index (χ2v) is 4.40. The number of carbonyl (C=O) groups excluding carboxylic acids is 1. The molecule has 9 heteroatoms. The molecule has 4 nitrogen and oxygen atoms in total. The molecule has 0 radical (unpaired) electrons. The normalized spacial score (nSPS) is 12.9. The molecular weight excluding hydrogens is 304 g/mol. The van der Waals surface area contributed by atoms with Gasteiger partial charge < -0.3 is 15.3 Å². The van der Waals surface area contributed by atoms with Crippen molar-refractivity contribution < 1.29 is 27.5 Å². The van der Waals surface area contributed by atoms with Crippen LogP contribution in [0.1, 0.15) is 0 Å². The molecule has 20 heavy (non-hydrogen) atoms. The number of nitrogens with one attached hydrogen (secondary N) is 1. The first-order valence-corrected chi connectivity index (χ1v) is 5.71. The quantitative estimate of drug-likeness (QED) is 0.843. The number of aliphatic hydroxyl groups excluding tert-OH is 1. The number of nitrogens with zero attached hydrogens (tertiary/aromatic N) is 1. The molecular formula is C11H11ClF4N2O2. The number of rotatable bonds is 3. The van der Waals surface area contributed by atoms with Crippen molar-refractivity contribution in [3.05, 3.63) is 29.0 Å². The lowest BCUT2D eigenvalue weighted by Gasteiger charge is -2.22. The van der Waals surface area contributed by atoms with Crippen LogP contribution < -0.4 is 5.32 Å². The van der Waals surface area contributed by atoms with Crippen molar-refractivity contribution in [3.8, 4) is 0 Å². The van der Waals surface area contributed by atoms with Crippen LogP contribution in [0.15, 0.2) is 18.2 Å². The van der Waals surface area contributed by atoms with E-state index < -0.39 is 30.7 Å². The number of benzene rings is 1. The highest BCUT2D eigenvalue weighted by Gasteiger charge is 2.39. The first-order chi connectivity index (χ1) is 9.11. The summed E-state index contributed by atoms with van der Waals surface area (Å²) in [6.07, 6.45) is -7.47. The topological polar surface area (TPSA) is 52.6 Å². The van der Waals surface area contributed by atoms with Crippen LogP contribution in [-0.4, -0.2) is 41.9 Å². The van der Waals surface area contributed by atoms with Gasteiger partial charge in [-0.05, 0) is 18.2 Å². The number of carbonyl (C=O) groups is 1. The van der Waals surface area contributed by atoms with Crippen LogP contribution in [0.3, 0.4) is 0 Å². The second-order valence-electron chi connectivity index (χ2n) is 3.99. The fourth-order valence-electron chi connectivity index (χ4n) is 1.25. The molecule has 1 atom stereocenters. The van der Waals surface area contributed by atoms with Crippen LogP contribution in [0.5, 0.6) is 0 Å². The molecule has 0 spiro atoms. The van der Waals surface area contributed by atoms with Crippen molar-refractivity contribution in [1.29, 1.82) is 0 Å². The first kappa shape index (κ1) is 16.5. The van der Waals surface area contributed by atoms with Crippen molar-refractivity contribution in [2.24, 2.45) is 0 Å². The lowest BCUT2D eigenvalue weighted by atomic mass is 10.3. The molecule has 1 rings (SSSR count). The van der Waals surface area contributed by atoms with Gasteiger partial charge in [-0.2, -0.15) is 13.2 Å². The van der Waals surface area contributed by atoms with E-state index in [1.165, 1.54) is 6.07 Å². The molecule has 2 amide bonds. The number of urea groups is 1. The highest BCUT2D eigenvalue weighted by atomic mass is 35.5. The summed E-state index contributed by atoms with van der Waals surface area (Å²) in [5, 5.41) is 10.9. The van der Waals surface area contributed by atoms with Crippen LogP contribution in [0, 0.1) is 5.82 Å². The third-order valence-electron chi connectivity index (χ3n) is 2.34. The van der Waals surface area contributed by atoms with Gasteiger partial charge in [-0.1, -0.05) is 11.6 Å². The molecule has 0 aliphatic carbocycles. The number of hydrogen-bond acceptors (Lipinski definition) is 2. The van der Waals surface area contributed by atoms with Gasteiger partial charge in [-0.15, -0.1) is 0 Å². The van der Waals surface area contributed by atoms with E-state index >= 15 is 0 Å². The number of amides is 2. The maximum atomic E-state index is 12.8. The van der Waals surface area contributed by atoms with Crippen LogP contribution in [-0.2, 0) is 0 Å². The fraction of sp³-hybridized carbons (Fsp3) is 0.364. The zero-order valence-electron chi connectivity index (χ0n) is 10.2. The van der Waals surface area contributed by atoms with Gasteiger partial charge in [0.05, 0.1) is 17.3 Å². The minimum Gasteiger partial charge on any atom is -0.382 e. The Morgan fingerprint density at radius 3 is 2.60 bits per heavy atom. The summed E-state index contributed by atoms with van der Waals surface area (Å²) < 4.78 is 49.2. The molecule has 0 aliphatic heterocycles. The Morgan fingerprint density at radius 2 is 2.10 bits per heavy atom. The van der Waals surface area contributed by atoms with Gasteiger partial charge in [0, 0.05) is 7.05 Å². The van der Waals surface area contributed by atoms with E-state index in [-0.39, 0.29) is 10.7 Å². The van der Waals surface area contributed by atoms with Crippen LogP contribution >= 0.6 is 11.6 Å². The standard InChI is InChI=1S/C11H11ClF4N2O2/c1-18(5-9(19)11(14,15)16)10(20)17-8-3-2-6(13)4-7(8)12/h2-4,9,19H,5H2,1H3,(H,17,20). The number of hydrogen-bond donors (Lipinski definition) is 2. The smallest absolute Gasteiger partial charge is 0.382 e. The molecule has 0 heterocycles. The number of aliphatic hydroxyl groups is 1. The zero-order chi connectivity index (χ0) is 15.5. The summed E-state index contributed by atoms with van der Waals surface area (Å²) in [4.78, 5) is 12.2. The molecule has 1 unspecified atom stereocenters. The maximum Gasteiger partial charge on any atom is 0.416 e.